The highest BCUT2D eigenvalue weighted by atomic mass is 16.5. The monoisotopic (exact) mass is 213 g/mol. The highest BCUT2D eigenvalue weighted by Gasteiger charge is 2.44. The summed E-state index contributed by atoms with van der Waals surface area (Å²) < 4.78 is 11.2. The van der Waals surface area contributed by atoms with Crippen LogP contribution in [0.5, 0.6) is 0 Å². The van der Waals surface area contributed by atoms with Gasteiger partial charge in [-0.1, -0.05) is 0 Å². The normalized spacial score (nSPS) is 25.8. The quantitative estimate of drug-likeness (QED) is 0.709. The molecule has 88 valence electrons. The van der Waals surface area contributed by atoms with Crippen molar-refractivity contribution in [1.82, 2.24) is 4.90 Å². The minimum atomic E-state index is 0.350. The molecule has 0 aromatic carbocycles. The van der Waals surface area contributed by atoms with E-state index in [1.54, 1.807) is 0 Å². The summed E-state index contributed by atoms with van der Waals surface area (Å²) in [5.41, 5.74) is 0.387. The minimum absolute atomic E-state index is 0.350. The van der Waals surface area contributed by atoms with Crippen molar-refractivity contribution in [3.8, 4) is 0 Å². The first-order valence-corrected chi connectivity index (χ1v) is 6.17. The van der Waals surface area contributed by atoms with Crippen molar-refractivity contribution in [2.45, 2.75) is 44.8 Å². The van der Waals surface area contributed by atoms with E-state index >= 15 is 0 Å². The van der Waals surface area contributed by atoms with Crippen molar-refractivity contribution in [3.05, 3.63) is 0 Å². The fraction of sp³-hybridized carbons (Fsp3) is 1.00. The van der Waals surface area contributed by atoms with Crippen LogP contribution in [0.1, 0.15) is 33.1 Å². The molecule has 1 spiro atoms. The molecule has 1 saturated carbocycles. The highest BCUT2D eigenvalue weighted by molar-refractivity contribution is 4.99. The van der Waals surface area contributed by atoms with Crippen LogP contribution in [0, 0.1) is 0 Å². The summed E-state index contributed by atoms with van der Waals surface area (Å²) in [6.07, 6.45) is 4.34. The molecule has 0 radical (unpaired) electrons. The zero-order valence-corrected chi connectivity index (χ0v) is 10.00. The first-order chi connectivity index (χ1) is 7.23. The summed E-state index contributed by atoms with van der Waals surface area (Å²) in [5.74, 6) is 0. The Morgan fingerprint density at radius 2 is 2.20 bits per heavy atom. The van der Waals surface area contributed by atoms with Gasteiger partial charge in [0.15, 0.2) is 0 Å². The van der Waals surface area contributed by atoms with Crippen molar-refractivity contribution in [3.63, 3.8) is 0 Å². The van der Waals surface area contributed by atoms with Gasteiger partial charge in [-0.2, -0.15) is 0 Å². The molecule has 0 unspecified atom stereocenters. The van der Waals surface area contributed by atoms with E-state index in [2.05, 4.69) is 18.7 Å². The lowest BCUT2D eigenvalue weighted by Crippen LogP contribution is -2.61. The highest BCUT2D eigenvalue weighted by Crippen LogP contribution is 2.39. The Kier molecular flexibility index (Phi) is 3.65. The number of morpholine rings is 1. The van der Waals surface area contributed by atoms with E-state index < -0.39 is 0 Å². The molecule has 1 aliphatic carbocycles. The van der Waals surface area contributed by atoms with Crippen LogP contribution in [0.25, 0.3) is 0 Å². The first kappa shape index (κ1) is 11.4. The molecule has 0 bridgehead atoms. The Bertz CT molecular complexity index is 202. The third kappa shape index (κ3) is 2.52. The van der Waals surface area contributed by atoms with Crippen LogP contribution in [-0.4, -0.2) is 49.5 Å². The van der Waals surface area contributed by atoms with Gasteiger partial charge in [-0.3, -0.25) is 4.90 Å². The number of rotatable bonds is 4. The zero-order chi connectivity index (χ0) is 10.7. The molecule has 2 aliphatic rings. The molecule has 2 fully saturated rings. The lowest BCUT2D eigenvalue weighted by atomic mass is 9.75. The van der Waals surface area contributed by atoms with Crippen LogP contribution >= 0.6 is 0 Å². The molecule has 0 amide bonds. The van der Waals surface area contributed by atoms with Crippen molar-refractivity contribution < 1.29 is 9.47 Å². The third-order valence-electron chi connectivity index (χ3n) is 3.64. The van der Waals surface area contributed by atoms with Gasteiger partial charge in [-0.15, -0.1) is 0 Å². The van der Waals surface area contributed by atoms with Crippen molar-refractivity contribution in [1.29, 1.82) is 0 Å². The van der Waals surface area contributed by atoms with E-state index in [0.717, 1.165) is 32.9 Å². The molecule has 0 N–H and O–H groups in total. The molecule has 2 rings (SSSR count). The standard InChI is InChI=1S/C12H23NO2/c1-11(2)15-9-7-13-6-8-14-10-12(13)4-3-5-12/h11H,3-10H2,1-2H3. The Labute approximate surface area is 92.7 Å². The number of nitrogens with zero attached hydrogens (tertiary/aromatic N) is 1. The van der Waals surface area contributed by atoms with Gasteiger partial charge >= 0.3 is 0 Å². The summed E-state index contributed by atoms with van der Waals surface area (Å²) in [4.78, 5) is 2.59. The van der Waals surface area contributed by atoms with Crippen LogP contribution in [-0.2, 0) is 9.47 Å². The molecule has 0 aromatic rings. The SMILES string of the molecule is CC(C)OCCN1CCOCC12CCC2. The van der Waals surface area contributed by atoms with Crippen LogP contribution < -0.4 is 0 Å². The molecular weight excluding hydrogens is 190 g/mol. The molecule has 15 heavy (non-hydrogen) atoms. The van der Waals surface area contributed by atoms with E-state index in [1.165, 1.54) is 19.3 Å². The van der Waals surface area contributed by atoms with Crippen LogP contribution in [0.15, 0.2) is 0 Å². The number of hydrogen-bond donors (Lipinski definition) is 0. The second kappa shape index (κ2) is 4.81. The second-order valence-electron chi connectivity index (χ2n) is 5.04. The predicted octanol–water partition coefficient (Wildman–Crippen LogP) is 1.67. The average Bonchev–Trinajstić information content (AvgIpc) is 2.15. The van der Waals surface area contributed by atoms with Crippen LogP contribution in [0.2, 0.25) is 0 Å². The summed E-state index contributed by atoms with van der Waals surface area (Å²) in [5, 5.41) is 0. The molecule has 1 aliphatic heterocycles. The summed E-state index contributed by atoms with van der Waals surface area (Å²) in [6, 6.07) is 0. The fourth-order valence-corrected chi connectivity index (χ4v) is 2.56. The average molecular weight is 213 g/mol. The Morgan fingerprint density at radius 1 is 1.40 bits per heavy atom. The van der Waals surface area contributed by atoms with Gasteiger partial charge in [-0.25, -0.2) is 0 Å². The van der Waals surface area contributed by atoms with Gasteiger partial charge in [0, 0.05) is 18.6 Å². The van der Waals surface area contributed by atoms with E-state index in [0.29, 0.717) is 11.6 Å². The summed E-state index contributed by atoms with van der Waals surface area (Å²) in [6.45, 7) is 9.04. The lowest BCUT2D eigenvalue weighted by molar-refractivity contribution is -0.115. The second-order valence-corrected chi connectivity index (χ2v) is 5.04. The minimum Gasteiger partial charge on any atom is -0.378 e. The van der Waals surface area contributed by atoms with E-state index in [9.17, 15) is 0 Å². The Hall–Kier alpha value is -0.120. The van der Waals surface area contributed by atoms with Crippen molar-refractivity contribution in [2.75, 3.05) is 32.9 Å². The molecule has 0 atom stereocenters. The predicted molar refractivity (Wildman–Crippen MR) is 60.1 cm³/mol. The van der Waals surface area contributed by atoms with E-state index in [-0.39, 0.29) is 0 Å². The van der Waals surface area contributed by atoms with Gasteiger partial charge in [0.1, 0.15) is 0 Å². The summed E-state index contributed by atoms with van der Waals surface area (Å²) >= 11 is 0. The topological polar surface area (TPSA) is 21.7 Å². The zero-order valence-electron chi connectivity index (χ0n) is 10.00. The summed E-state index contributed by atoms with van der Waals surface area (Å²) in [7, 11) is 0. The van der Waals surface area contributed by atoms with Crippen LogP contribution in [0.4, 0.5) is 0 Å². The molecular formula is C12H23NO2. The van der Waals surface area contributed by atoms with E-state index in [4.69, 9.17) is 9.47 Å². The maximum absolute atomic E-state index is 5.62. The smallest absolute Gasteiger partial charge is 0.0651 e. The molecule has 0 aromatic heterocycles. The van der Waals surface area contributed by atoms with Gasteiger partial charge in [-0.05, 0) is 33.1 Å². The molecule has 1 saturated heterocycles. The van der Waals surface area contributed by atoms with Gasteiger partial charge in [0.2, 0.25) is 0 Å². The van der Waals surface area contributed by atoms with Crippen molar-refractivity contribution >= 4 is 0 Å². The first-order valence-electron chi connectivity index (χ1n) is 6.17. The molecule has 3 heteroatoms. The lowest BCUT2D eigenvalue weighted by Gasteiger charge is -2.52. The fourth-order valence-electron chi connectivity index (χ4n) is 2.56. The van der Waals surface area contributed by atoms with Gasteiger partial charge in [0.25, 0.3) is 0 Å². The Balaban J connectivity index is 1.78. The van der Waals surface area contributed by atoms with Gasteiger partial charge < -0.3 is 9.47 Å². The van der Waals surface area contributed by atoms with Crippen LogP contribution in [0.3, 0.4) is 0 Å². The van der Waals surface area contributed by atoms with Gasteiger partial charge in [0.05, 0.1) is 25.9 Å². The van der Waals surface area contributed by atoms with Crippen molar-refractivity contribution in [2.24, 2.45) is 0 Å². The van der Waals surface area contributed by atoms with E-state index in [1.807, 2.05) is 0 Å². The molecule has 1 heterocycles. The largest absolute Gasteiger partial charge is 0.378 e. The molecule has 3 nitrogen and oxygen atoms in total. The number of hydrogen-bond acceptors (Lipinski definition) is 3. The Morgan fingerprint density at radius 3 is 2.80 bits per heavy atom. The maximum Gasteiger partial charge on any atom is 0.0651 e. The maximum atomic E-state index is 5.62. The third-order valence-corrected chi connectivity index (χ3v) is 3.64. The number of ether oxygens (including phenoxy) is 2.